The summed E-state index contributed by atoms with van der Waals surface area (Å²) < 4.78 is 8.07. The summed E-state index contributed by atoms with van der Waals surface area (Å²) in [6, 6.07) is 9.31. The number of nitrogens with zero attached hydrogens (tertiary/aromatic N) is 1. The highest BCUT2D eigenvalue weighted by Crippen LogP contribution is 2.45. The van der Waals surface area contributed by atoms with Gasteiger partial charge in [0.05, 0.1) is 12.0 Å². The van der Waals surface area contributed by atoms with E-state index in [2.05, 4.69) is 42.8 Å². The van der Waals surface area contributed by atoms with Crippen molar-refractivity contribution in [3.8, 4) is 0 Å². The molecule has 2 heterocycles. The minimum absolute atomic E-state index is 0.358. The third-order valence-electron chi connectivity index (χ3n) is 4.29. The summed E-state index contributed by atoms with van der Waals surface area (Å²) in [4.78, 5) is 0. The molecule has 1 aliphatic carbocycles. The molecule has 0 N–H and O–H groups in total. The summed E-state index contributed by atoms with van der Waals surface area (Å²) in [7, 11) is 4.04. The van der Waals surface area contributed by atoms with E-state index in [9.17, 15) is 0 Å². The Balaban J connectivity index is 2.20. The van der Waals surface area contributed by atoms with Crippen LogP contribution in [0.3, 0.4) is 0 Å². The highest BCUT2D eigenvalue weighted by molar-refractivity contribution is 5.87. The van der Waals surface area contributed by atoms with Gasteiger partial charge in [0, 0.05) is 26.0 Å². The van der Waals surface area contributed by atoms with Crippen LogP contribution in [0.4, 0.5) is 0 Å². The molecule has 0 amide bonds. The second-order valence-electron chi connectivity index (χ2n) is 4.88. The van der Waals surface area contributed by atoms with Crippen LogP contribution in [-0.2, 0) is 4.74 Å². The Labute approximate surface area is 96.6 Å². The molecular formula is C14H18NO+. The first kappa shape index (κ1) is 10.0. The van der Waals surface area contributed by atoms with E-state index < -0.39 is 0 Å². The van der Waals surface area contributed by atoms with Gasteiger partial charge in [0.2, 0.25) is 0 Å². The van der Waals surface area contributed by atoms with Gasteiger partial charge < -0.3 is 4.74 Å². The fraction of sp³-hybridized carbons (Fsp3) is 0.500. The molecule has 0 unspecified atom stereocenters. The van der Waals surface area contributed by atoms with Crippen LogP contribution in [0.1, 0.15) is 36.4 Å². The van der Waals surface area contributed by atoms with Crippen LogP contribution in [0.25, 0.3) is 0 Å². The molecule has 0 aromatic heterocycles. The predicted molar refractivity (Wildman–Crippen MR) is 64.2 cm³/mol. The summed E-state index contributed by atoms with van der Waals surface area (Å²) >= 11 is 0. The van der Waals surface area contributed by atoms with Crippen LogP contribution in [0.15, 0.2) is 24.3 Å². The summed E-state index contributed by atoms with van der Waals surface area (Å²) in [5.41, 5.74) is 4.41. The Kier molecular flexibility index (Phi) is 2.15. The van der Waals surface area contributed by atoms with Crippen molar-refractivity contribution in [2.24, 2.45) is 0 Å². The molecule has 2 nitrogen and oxygen atoms in total. The van der Waals surface area contributed by atoms with Crippen molar-refractivity contribution < 1.29 is 9.31 Å². The lowest BCUT2D eigenvalue weighted by molar-refractivity contribution is -0.558. The lowest BCUT2D eigenvalue weighted by Gasteiger charge is -2.39. The number of hydrogen-bond donors (Lipinski definition) is 0. The molecule has 0 fully saturated rings. The zero-order chi connectivity index (χ0) is 11.3. The van der Waals surface area contributed by atoms with E-state index in [-0.39, 0.29) is 0 Å². The minimum Gasteiger partial charge on any atom is -0.380 e. The molecule has 2 aliphatic heterocycles. The maximum absolute atomic E-state index is 5.65. The molecule has 0 saturated carbocycles. The number of ether oxygens (including phenoxy) is 1. The maximum Gasteiger partial charge on any atom is 0.180 e. The van der Waals surface area contributed by atoms with Crippen molar-refractivity contribution in [1.82, 2.24) is 0 Å². The average molecular weight is 216 g/mol. The van der Waals surface area contributed by atoms with Crippen LogP contribution in [-0.4, -0.2) is 30.5 Å². The average Bonchev–Trinajstić information content (AvgIpc) is 2.34. The van der Waals surface area contributed by atoms with E-state index in [1.165, 1.54) is 16.8 Å². The number of hydrogen-bond acceptors (Lipinski definition) is 1. The molecule has 2 bridgehead atoms. The second kappa shape index (κ2) is 3.42. The molecule has 1 aromatic carbocycles. The smallest absolute Gasteiger partial charge is 0.180 e. The van der Waals surface area contributed by atoms with E-state index in [0.717, 1.165) is 6.42 Å². The van der Waals surface area contributed by atoms with Crippen molar-refractivity contribution in [2.45, 2.75) is 31.4 Å². The zero-order valence-corrected chi connectivity index (χ0v) is 10.1. The summed E-state index contributed by atoms with van der Waals surface area (Å²) in [6.45, 7) is 2.23. The molecule has 0 radical (unpaired) electrons. The minimum atomic E-state index is 0.358. The van der Waals surface area contributed by atoms with Gasteiger partial charge in [-0.05, 0) is 5.56 Å². The van der Waals surface area contributed by atoms with Crippen molar-refractivity contribution >= 4 is 5.71 Å². The molecule has 4 rings (SSSR count). The highest BCUT2D eigenvalue weighted by atomic mass is 16.5. The van der Waals surface area contributed by atoms with E-state index in [1.807, 2.05) is 7.11 Å². The van der Waals surface area contributed by atoms with Crippen LogP contribution in [0, 0.1) is 0 Å². The van der Waals surface area contributed by atoms with Crippen molar-refractivity contribution in [2.75, 3.05) is 14.2 Å². The molecule has 0 spiro atoms. The Morgan fingerprint density at radius 3 is 2.62 bits per heavy atom. The molecule has 3 atom stereocenters. The second-order valence-corrected chi connectivity index (χ2v) is 4.88. The highest BCUT2D eigenvalue weighted by Gasteiger charge is 2.47. The first-order chi connectivity index (χ1) is 7.74. The first-order valence-electron chi connectivity index (χ1n) is 5.92. The lowest BCUT2D eigenvalue weighted by atomic mass is 9.72. The van der Waals surface area contributed by atoms with Gasteiger partial charge >= 0.3 is 0 Å². The molecular weight excluding hydrogens is 198 g/mol. The fourth-order valence-electron chi connectivity index (χ4n) is 3.34. The van der Waals surface area contributed by atoms with E-state index in [1.54, 1.807) is 0 Å². The Morgan fingerprint density at radius 1 is 1.25 bits per heavy atom. The maximum atomic E-state index is 5.65. The van der Waals surface area contributed by atoms with Crippen molar-refractivity contribution in [3.05, 3.63) is 35.4 Å². The standard InChI is InChI=1S/C14H18NO/c1-9-14-11-7-5-4-6-10(11)12(15(9)2)8-13(14)16-3/h4-7,12-14H,8H2,1-3H3/q+1/t12-,13-,14+/m0/s1. The summed E-state index contributed by atoms with van der Waals surface area (Å²) in [5.74, 6) is 0.455. The summed E-state index contributed by atoms with van der Waals surface area (Å²) in [6.07, 6.45) is 1.47. The summed E-state index contributed by atoms with van der Waals surface area (Å²) in [5, 5.41) is 0. The van der Waals surface area contributed by atoms with E-state index in [0.29, 0.717) is 18.1 Å². The third kappa shape index (κ3) is 1.14. The van der Waals surface area contributed by atoms with Gasteiger partial charge in [-0.25, -0.2) is 4.58 Å². The Morgan fingerprint density at radius 2 is 1.94 bits per heavy atom. The molecule has 1 aromatic rings. The molecule has 84 valence electrons. The van der Waals surface area contributed by atoms with Crippen LogP contribution in [0.5, 0.6) is 0 Å². The molecule has 2 heteroatoms. The first-order valence-corrected chi connectivity index (χ1v) is 5.92. The van der Waals surface area contributed by atoms with Gasteiger partial charge in [0.25, 0.3) is 0 Å². The normalized spacial score (nSPS) is 31.8. The van der Waals surface area contributed by atoms with Gasteiger partial charge in [-0.2, -0.15) is 0 Å². The van der Waals surface area contributed by atoms with Gasteiger partial charge in [0.1, 0.15) is 7.05 Å². The third-order valence-corrected chi connectivity index (χ3v) is 4.29. The molecule has 3 aliphatic rings. The van der Waals surface area contributed by atoms with Crippen LogP contribution >= 0.6 is 0 Å². The molecule has 16 heavy (non-hydrogen) atoms. The monoisotopic (exact) mass is 216 g/mol. The van der Waals surface area contributed by atoms with Crippen molar-refractivity contribution in [3.63, 3.8) is 0 Å². The van der Waals surface area contributed by atoms with E-state index in [4.69, 9.17) is 4.74 Å². The largest absolute Gasteiger partial charge is 0.380 e. The number of benzene rings is 1. The van der Waals surface area contributed by atoms with Gasteiger partial charge in [-0.15, -0.1) is 0 Å². The van der Waals surface area contributed by atoms with E-state index >= 15 is 0 Å². The van der Waals surface area contributed by atoms with Gasteiger partial charge in [-0.3, -0.25) is 0 Å². The van der Waals surface area contributed by atoms with Gasteiger partial charge in [0.15, 0.2) is 11.8 Å². The predicted octanol–water partition coefficient (Wildman–Crippen LogP) is 2.35. The van der Waals surface area contributed by atoms with Gasteiger partial charge in [-0.1, -0.05) is 24.3 Å². The zero-order valence-electron chi connectivity index (χ0n) is 10.1. The topological polar surface area (TPSA) is 12.2 Å². The lowest BCUT2D eigenvalue weighted by Crippen LogP contribution is -2.45. The number of rotatable bonds is 1. The van der Waals surface area contributed by atoms with Crippen LogP contribution in [0.2, 0.25) is 0 Å². The SMILES string of the molecule is CO[C@H]1C[C@H]2c3ccccc3[C@H]1C(C)=[N+]2C. The quantitative estimate of drug-likeness (QED) is 0.656. The fourth-order valence-corrected chi connectivity index (χ4v) is 3.34. The number of methoxy groups -OCH3 is 1. The van der Waals surface area contributed by atoms with Crippen LogP contribution < -0.4 is 0 Å². The molecule has 0 saturated heterocycles. The van der Waals surface area contributed by atoms with Crippen molar-refractivity contribution in [1.29, 1.82) is 0 Å². The Bertz CT molecular complexity index is 464. The number of fused-ring (bicyclic) bond motifs is 1. The Hall–Kier alpha value is -1.15.